The molecule has 0 bridgehead atoms. The van der Waals surface area contributed by atoms with E-state index in [0.717, 1.165) is 6.54 Å². The van der Waals surface area contributed by atoms with Crippen LogP contribution in [-0.2, 0) is 0 Å². The normalized spacial score (nSPS) is 10.0. The van der Waals surface area contributed by atoms with Crippen LogP contribution in [-0.4, -0.2) is 52.2 Å². The maximum absolute atomic E-state index is 12.1. The summed E-state index contributed by atoms with van der Waals surface area (Å²) in [5, 5.41) is 3.01. The fraction of sp³-hybridized carbons (Fsp3) is 0.462. The average molecular weight is 252 g/mol. The van der Waals surface area contributed by atoms with Gasteiger partial charge < -0.3 is 19.7 Å². The van der Waals surface area contributed by atoms with Crippen LogP contribution in [0.4, 0.5) is 0 Å². The molecule has 0 unspecified atom stereocenters. The Labute approximate surface area is 108 Å². The SMILES string of the molecule is CNCCN(C)C(=O)c1ccc(OC)c(OC)c1. The molecule has 0 aromatic heterocycles. The zero-order valence-electron chi connectivity index (χ0n) is 11.3. The smallest absolute Gasteiger partial charge is 0.253 e. The topological polar surface area (TPSA) is 50.8 Å². The maximum atomic E-state index is 12.1. The molecule has 0 spiro atoms. The third-order valence-electron chi connectivity index (χ3n) is 2.67. The monoisotopic (exact) mass is 252 g/mol. The molecule has 1 rings (SSSR count). The molecule has 0 aliphatic carbocycles. The van der Waals surface area contributed by atoms with Gasteiger partial charge in [0.15, 0.2) is 11.5 Å². The van der Waals surface area contributed by atoms with Gasteiger partial charge in [-0.2, -0.15) is 0 Å². The van der Waals surface area contributed by atoms with Gasteiger partial charge in [-0.15, -0.1) is 0 Å². The fourth-order valence-corrected chi connectivity index (χ4v) is 1.57. The maximum Gasteiger partial charge on any atom is 0.253 e. The number of carbonyl (C=O) groups excluding carboxylic acids is 1. The number of carbonyl (C=O) groups is 1. The van der Waals surface area contributed by atoms with Gasteiger partial charge in [-0.05, 0) is 25.2 Å². The Morgan fingerprint density at radius 2 is 1.94 bits per heavy atom. The first kappa shape index (κ1) is 14.3. The van der Waals surface area contributed by atoms with E-state index in [2.05, 4.69) is 5.32 Å². The Bertz CT molecular complexity index is 407. The first-order valence-corrected chi connectivity index (χ1v) is 5.76. The van der Waals surface area contributed by atoms with Crippen molar-refractivity contribution in [2.75, 3.05) is 41.4 Å². The van der Waals surface area contributed by atoms with Gasteiger partial charge in [0.25, 0.3) is 5.91 Å². The Kier molecular flexibility index (Phi) is 5.45. The van der Waals surface area contributed by atoms with Crippen molar-refractivity contribution in [2.24, 2.45) is 0 Å². The number of likely N-dealkylation sites (N-methyl/N-ethyl adjacent to an activating group) is 2. The summed E-state index contributed by atoms with van der Waals surface area (Å²) in [5.41, 5.74) is 0.589. The second-order valence-electron chi connectivity index (χ2n) is 3.90. The molecule has 0 aliphatic rings. The lowest BCUT2D eigenvalue weighted by molar-refractivity contribution is 0.0796. The predicted octanol–water partition coefficient (Wildman–Crippen LogP) is 0.995. The van der Waals surface area contributed by atoms with Gasteiger partial charge in [0.1, 0.15) is 0 Å². The number of methoxy groups -OCH3 is 2. The van der Waals surface area contributed by atoms with Crippen molar-refractivity contribution in [3.8, 4) is 11.5 Å². The second kappa shape index (κ2) is 6.86. The third-order valence-corrected chi connectivity index (χ3v) is 2.67. The van der Waals surface area contributed by atoms with E-state index in [1.165, 1.54) is 0 Å². The first-order valence-electron chi connectivity index (χ1n) is 5.76. The summed E-state index contributed by atoms with van der Waals surface area (Å²) < 4.78 is 10.3. The molecular weight excluding hydrogens is 232 g/mol. The molecule has 1 aromatic rings. The fourth-order valence-electron chi connectivity index (χ4n) is 1.57. The zero-order valence-corrected chi connectivity index (χ0v) is 11.3. The van der Waals surface area contributed by atoms with E-state index in [-0.39, 0.29) is 5.91 Å². The highest BCUT2D eigenvalue weighted by Crippen LogP contribution is 2.27. The summed E-state index contributed by atoms with van der Waals surface area (Å²) in [5.74, 6) is 1.14. The lowest BCUT2D eigenvalue weighted by Crippen LogP contribution is -2.32. The molecule has 1 N–H and O–H groups in total. The van der Waals surface area contributed by atoms with Gasteiger partial charge >= 0.3 is 0 Å². The van der Waals surface area contributed by atoms with Crippen LogP contribution in [0.3, 0.4) is 0 Å². The van der Waals surface area contributed by atoms with Crippen LogP contribution in [0.15, 0.2) is 18.2 Å². The Morgan fingerprint density at radius 3 is 2.50 bits per heavy atom. The Balaban J connectivity index is 2.86. The van der Waals surface area contributed by atoms with Crippen LogP contribution in [0.1, 0.15) is 10.4 Å². The van der Waals surface area contributed by atoms with Crippen molar-refractivity contribution in [2.45, 2.75) is 0 Å². The molecule has 0 aliphatic heterocycles. The van der Waals surface area contributed by atoms with Crippen LogP contribution >= 0.6 is 0 Å². The van der Waals surface area contributed by atoms with E-state index >= 15 is 0 Å². The van der Waals surface area contributed by atoms with Crippen LogP contribution in [0.5, 0.6) is 11.5 Å². The minimum absolute atomic E-state index is 0.0359. The van der Waals surface area contributed by atoms with Gasteiger partial charge in [-0.25, -0.2) is 0 Å². The number of ether oxygens (including phenoxy) is 2. The van der Waals surface area contributed by atoms with Gasteiger partial charge in [0.05, 0.1) is 14.2 Å². The lowest BCUT2D eigenvalue weighted by atomic mass is 10.1. The average Bonchev–Trinajstić information content (AvgIpc) is 2.42. The summed E-state index contributed by atoms with van der Waals surface area (Å²) in [4.78, 5) is 13.8. The van der Waals surface area contributed by atoms with E-state index in [9.17, 15) is 4.79 Å². The summed E-state index contributed by atoms with van der Waals surface area (Å²) in [7, 11) is 6.75. The zero-order chi connectivity index (χ0) is 13.5. The largest absolute Gasteiger partial charge is 0.493 e. The molecule has 1 amide bonds. The van der Waals surface area contributed by atoms with Crippen molar-refractivity contribution < 1.29 is 14.3 Å². The highest BCUT2D eigenvalue weighted by atomic mass is 16.5. The predicted molar refractivity (Wildman–Crippen MR) is 70.4 cm³/mol. The van der Waals surface area contributed by atoms with Gasteiger partial charge in [0, 0.05) is 25.7 Å². The van der Waals surface area contributed by atoms with Crippen molar-refractivity contribution in [1.29, 1.82) is 0 Å². The van der Waals surface area contributed by atoms with E-state index in [1.54, 1.807) is 44.4 Å². The molecule has 0 saturated heterocycles. The van der Waals surface area contributed by atoms with Gasteiger partial charge in [0.2, 0.25) is 0 Å². The molecule has 5 nitrogen and oxygen atoms in total. The molecule has 1 aromatic carbocycles. The highest BCUT2D eigenvalue weighted by molar-refractivity contribution is 5.94. The molecule has 100 valence electrons. The van der Waals surface area contributed by atoms with Crippen LogP contribution in [0, 0.1) is 0 Å². The van der Waals surface area contributed by atoms with E-state index < -0.39 is 0 Å². The molecule has 0 fully saturated rings. The van der Waals surface area contributed by atoms with E-state index in [0.29, 0.717) is 23.6 Å². The van der Waals surface area contributed by atoms with Crippen molar-refractivity contribution in [3.63, 3.8) is 0 Å². The van der Waals surface area contributed by atoms with E-state index in [4.69, 9.17) is 9.47 Å². The molecule has 0 atom stereocenters. The Hall–Kier alpha value is -1.75. The lowest BCUT2D eigenvalue weighted by Gasteiger charge is -2.17. The molecule has 18 heavy (non-hydrogen) atoms. The second-order valence-corrected chi connectivity index (χ2v) is 3.90. The van der Waals surface area contributed by atoms with Gasteiger partial charge in [-0.3, -0.25) is 4.79 Å². The molecular formula is C13H20N2O3. The summed E-state index contributed by atoms with van der Waals surface area (Å²) in [6.45, 7) is 1.42. The number of hydrogen-bond donors (Lipinski definition) is 1. The standard InChI is InChI=1S/C13H20N2O3/c1-14-7-8-15(2)13(16)10-5-6-11(17-3)12(9-10)18-4/h5-6,9,14H,7-8H2,1-4H3. The quantitative estimate of drug-likeness (QED) is 0.820. The Morgan fingerprint density at radius 1 is 1.28 bits per heavy atom. The van der Waals surface area contributed by atoms with Crippen molar-refractivity contribution >= 4 is 5.91 Å². The van der Waals surface area contributed by atoms with E-state index in [1.807, 2.05) is 7.05 Å². The molecule has 5 heteroatoms. The van der Waals surface area contributed by atoms with Crippen LogP contribution in [0.25, 0.3) is 0 Å². The highest BCUT2D eigenvalue weighted by Gasteiger charge is 2.14. The van der Waals surface area contributed by atoms with Crippen LogP contribution in [0.2, 0.25) is 0 Å². The third kappa shape index (κ3) is 3.37. The minimum atomic E-state index is -0.0359. The number of nitrogens with zero attached hydrogens (tertiary/aromatic N) is 1. The number of amides is 1. The summed E-state index contributed by atoms with van der Waals surface area (Å²) in [6, 6.07) is 5.16. The molecule has 0 heterocycles. The number of rotatable bonds is 6. The molecule has 0 radical (unpaired) electrons. The first-order chi connectivity index (χ1) is 8.63. The summed E-state index contributed by atoms with van der Waals surface area (Å²) in [6.07, 6.45) is 0. The number of hydrogen-bond acceptors (Lipinski definition) is 4. The van der Waals surface area contributed by atoms with Crippen molar-refractivity contribution in [3.05, 3.63) is 23.8 Å². The van der Waals surface area contributed by atoms with Crippen molar-refractivity contribution in [1.82, 2.24) is 10.2 Å². The van der Waals surface area contributed by atoms with Crippen LogP contribution < -0.4 is 14.8 Å². The van der Waals surface area contributed by atoms with Gasteiger partial charge in [-0.1, -0.05) is 0 Å². The number of nitrogens with one attached hydrogen (secondary N) is 1. The summed E-state index contributed by atoms with van der Waals surface area (Å²) >= 11 is 0. The molecule has 0 saturated carbocycles. The minimum Gasteiger partial charge on any atom is -0.493 e. The number of benzene rings is 1.